The van der Waals surface area contributed by atoms with Gasteiger partial charge < -0.3 is 5.32 Å². The summed E-state index contributed by atoms with van der Waals surface area (Å²) in [6, 6.07) is 0. The second-order valence-electron chi connectivity index (χ2n) is 8.30. The van der Waals surface area contributed by atoms with E-state index in [1.54, 1.807) is 0 Å². The lowest BCUT2D eigenvalue weighted by molar-refractivity contribution is 0.224. The fourth-order valence-electron chi connectivity index (χ4n) is 2.05. The van der Waals surface area contributed by atoms with Crippen molar-refractivity contribution in [2.45, 2.75) is 73.9 Å². The fourth-order valence-corrected chi connectivity index (χ4v) is 2.20. The van der Waals surface area contributed by atoms with E-state index in [4.69, 9.17) is 22.2 Å². The molecule has 1 heterocycles. The second-order valence-corrected chi connectivity index (χ2v) is 8.71. The third kappa shape index (κ3) is 5.16. The predicted octanol–water partition coefficient (Wildman–Crippen LogP) is 3.42. The maximum absolute atomic E-state index is 5.29. The molecule has 1 rings (SSSR count). The molecule has 1 aliphatic rings. The van der Waals surface area contributed by atoms with Gasteiger partial charge in [0.25, 0.3) is 0 Å². The van der Waals surface area contributed by atoms with E-state index >= 15 is 0 Å². The van der Waals surface area contributed by atoms with Gasteiger partial charge >= 0.3 is 0 Å². The normalized spacial score (nSPS) is 21.6. The minimum Gasteiger partial charge on any atom is -0.361 e. The Labute approximate surface area is 146 Å². The molecule has 1 unspecified atom stereocenters. The van der Waals surface area contributed by atoms with Crippen molar-refractivity contribution >= 4 is 28.9 Å². The minimum absolute atomic E-state index is 0.0627. The van der Waals surface area contributed by atoms with E-state index in [1.807, 2.05) is 0 Å². The molecule has 1 atom stereocenters. The second kappa shape index (κ2) is 7.16. The van der Waals surface area contributed by atoms with Gasteiger partial charge in [-0.1, -0.05) is 54.9 Å². The SMILES string of the molecule is CCCCNC(=S)NNC1=NC(C)(C(C)(C)C)N=C1C(C)(C)C. The molecule has 0 spiro atoms. The molecular formula is C17H33N5S. The summed E-state index contributed by atoms with van der Waals surface area (Å²) < 4.78 is 0. The maximum Gasteiger partial charge on any atom is 0.185 e. The number of hydrazine groups is 1. The highest BCUT2D eigenvalue weighted by Crippen LogP contribution is 2.39. The maximum atomic E-state index is 5.29. The van der Waals surface area contributed by atoms with Gasteiger partial charge in [0.15, 0.2) is 16.6 Å². The van der Waals surface area contributed by atoms with Crippen LogP contribution in [0.2, 0.25) is 0 Å². The van der Waals surface area contributed by atoms with Crippen LogP contribution in [0.15, 0.2) is 9.98 Å². The van der Waals surface area contributed by atoms with Crippen molar-refractivity contribution in [3.05, 3.63) is 0 Å². The van der Waals surface area contributed by atoms with Gasteiger partial charge in [-0.15, -0.1) is 0 Å². The van der Waals surface area contributed by atoms with Gasteiger partial charge in [0.05, 0.1) is 5.71 Å². The highest BCUT2D eigenvalue weighted by atomic mass is 32.1. The fraction of sp³-hybridized carbons (Fsp3) is 0.824. The first-order valence-electron chi connectivity index (χ1n) is 8.41. The van der Waals surface area contributed by atoms with Crippen LogP contribution in [0.1, 0.15) is 68.2 Å². The molecular weight excluding hydrogens is 306 g/mol. The third-order valence-corrected chi connectivity index (χ3v) is 4.37. The van der Waals surface area contributed by atoms with Crippen molar-refractivity contribution < 1.29 is 0 Å². The molecule has 23 heavy (non-hydrogen) atoms. The van der Waals surface area contributed by atoms with Crippen LogP contribution in [0, 0.1) is 10.8 Å². The van der Waals surface area contributed by atoms with E-state index in [9.17, 15) is 0 Å². The van der Waals surface area contributed by atoms with E-state index in [2.05, 4.69) is 71.6 Å². The molecule has 1 aliphatic heterocycles. The first kappa shape index (κ1) is 19.9. The van der Waals surface area contributed by atoms with E-state index in [-0.39, 0.29) is 10.8 Å². The van der Waals surface area contributed by atoms with Gasteiger partial charge in [-0.05, 0) is 25.6 Å². The molecule has 132 valence electrons. The summed E-state index contributed by atoms with van der Waals surface area (Å²) in [7, 11) is 0. The van der Waals surface area contributed by atoms with Crippen LogP contribution in [0.4, 0.5) is 0 Å². The van der Waals surface area contributed by atoms with Gasteiger partial charge in [0.1, 0.15) is 0 Å². The van der Waals surface area contributed by atoms with Gasteiger partial charge in [0, 0.05) is 17.4 Å². The van der Waals surface area contributed by atoms with Gasteiger partial charge in [-0.25, -0.2) is 4.99 Å². The molecule has 0 amide bonds. The Morgan fingerprint density at radius 2 is 1.74 bits per heavy atom. The lowest BCUT2D eigenvalue weighted by atomic mass is 9.82. The monoisotopic (exact) mass is 339 g/mol. The van der Waals surface area contributed by atoms with Crippen molar-refractivity contribution in [1.82, 2.24) is 16.2 Å². The Morgan fingerprint density at radius 3 is 2.22 bits per heavy atom. The Balaban J connectivity index is 2.85. The molecule has 0 saturated carbocycles. The van der Waals surface area contributed by atoms with Crippen LogP contribution < -0.4 is 16.2 Å². The first-order valence-corrected chi connectivity index (χ1v) is 8.82. The summed E-state index contributed by atoms with van der Waals surface area (Å²) in [5, 5.41) is 3.76. The topological polar surface area (TPSA) is 60.8 Å². The highest BCUT2D eigenvalue weighted by Gasteiger charge is 2.44. The molecule has 0 saturated heterocycles. The van der Waals surface area contributed by atoms with Crippen LogP contribution in [0.5, 0.6) is 0 Å². The van der Waals surface area contributed by atoms with Crippen LogP contribution in [-0.2, 0) is 0 Å². The summed E-state index contributed by atoms with van der Waals surface area (Å²) in [6.07, 6.45) is 2.24. The van der Waals surface area contributed by atoms with Crippen LogP contribution >= 0.6 is 12.2 Å². The molecule has 0 fully saturated rings. The minimum atomic E-state index is -0.475. The largest absolute Gasteiger partial charge is 0.361 e. The summed E-state index contributed by atoms with van der Waals surface area (Å²) >= 11 is 5.29. The summed E-state index contributed by atoms with van der Waals surface area (Å²) in [6.45, 7) is 18.0. The molecule has 0 aromatic carbocycles. The Hall–Kier alpha value is -1.17. The van der Waals surface area contributed by atoms with Crippen LogP contribution in [0.25, 0.3) is 0 Å². The van der Waals surface area contributed by atoms with Crippen molar-refractivity contribution in [1.29, 1.82) is 0 Å². The lowest BCUT2D eigenvalue weighted by Gasteiger charge is -2.33. The molecule has 0 bridgehead atoms. The predicted molar refractivity (Wildman–Crippen MR) is 104 cm³/mol. The zero-order chi connectivity index (χ0) is 17.9. The molecule has 6 heteroatoms. The number of nitrogens with one attached hydrogen (secondary N) is 3. The number of hydrogen-bond acceptors (Lipinski definition) is 4. The summed E-state index contributed by atoms with van der Waals surface area (Å²) in [4.78, 5) is 9.80. The van der Waals surface area contributed by atoms with E-state index in [1.165, 1.54) is 0 Å². The molecule has 0 aromatic heterocycles. The van der Waals surface area contributed by atoms with E-state index in [0.29, 0.717) is 5.11 Å². The van der Waals surface area contributed by atoms with Gasteiger partial charge in [0.2, 0.25) is 0 Å². The Morgan fingerprint density at radius 1 is 1.13 bits per heavy atom. The van der Waals surface area contributed by atoms with E-state index in [0.717, 1.165) is 30.9 Å². The number of nitrogens with zero attached hydrogens (tertiary/aromatic N) is 2. The van der Waals surface area contributed by atoms with Crippen molar-refractivity contribution in [3.63, 3.8) is 0 Å². The number of thiocarbonyl (C=S) groups is 1. The van der Waals surface area contributed by atoms with Gasteiger partial charge in [-0.3, -0.25) is 15.8 Å². The number of amidine groups is 1. The van der Waals surface area contributed by atoms with Crippen LogP contribution in [-0.4, -0.2) is 28.9 Å². The smallest absolute Gasteiger partial charge is 0.185 e. The van der Waals surface area contributed by atoms with Crippen LogP contribution in [0.3, 0.4) is 0 Å². The summed E-state index contributed by atoms with van der Waals surface area (Å²) in [5.41, 5.74) is 6.53. The van der Waals surface area contributed by atoms with Crippen molar-refractivity contribution in [3.8, 4) is 0 Å². The van der Waals surface area contributed by atoms with Crippen molar-refractivity contribution in [2.75, 3.05) is 6.54 Å². The van der Waals surface area contributed by atoms with Gasteiger partial charge in [-0.2, -0.15) is 0 Å². The lowest BCUT2D eigenvalue weighted by Crippen LogP contribution is -2.50. The average Bonchev–Trinajstić information content (AvgIpc) is 2.75. The number of aliphatic imine (C=N–C) groups is 2. The number of hydrogen-bond donors (Lipinski definition) is 3. The molecule has 3 N–H and O–H groups in total. The Kier molecular flexibility index (Phi) is 6.18. The highest BCUT2D eigenvalue weighted by molar-refractivity contribution is 7.80. The third-order valence-electron chi connectivity index (χ3n) is 4.12. The standard InChI is InChI=1S/C17H33N5S/c1-9-10-11-18-14(23)22-21-13-12(15(2,3)4)19-17(8,20-13)16(5,6)7/h9-11H2,1-8H3,(H,20,21)(H2,18,22,23). The first-order chi connectivity index (χ1) is 10.4. The summed E-state index contributed by atoms with van der Waals surface area (Å²) in [5.74, 6) is 0.773. The molecule has 0 radical (unpaired) electrons. The number of unbranched alkanes of at least 4 members (excludes halogenated alkanes) is 1. The Bertz CT molecular complexity index is 496. The zero-order valence-electron chi connectivity index (χ0n) is 15.9. The average molecular weight is 340 g/mol. The van der Waals surface area contributed by atoms with Crippen molar-refractivity contribution in [2.24, 2.45) is 20.8 Å². The molecule has 5 nitrogen and oxygen atoms in total. The number of rotatable bonds is 3. The zero-order valence-corrected chi connectivity index (χ0v) is 16.7. The quantitative estimate of drug-likeness (QED) is 0.419. The molecule has 0 aromatic rings. The molecule has 0 aliphatic carbocycles. The van der Waals surface area contributed by atoms with E-state index < -0.39 is 5.66 Å².